The molecule has 0 spiro atoms. The molecule has 2 N–H and O–H groups in total. The summed E-state index contributed by atoms with van der Waals surface area (Å²) in [6.45, 7) is 0. The number of hydrogen-bond donors (Lipinski definition) is 2. The van der Waals surface area contributed by atoms with E-state index in [-0.39, 0.29) is 23.3 Å². The van der Waals surface area contributed by atoms with Crippen LogP contribution in [-0.4, -0.2) is 25.8 Å². The van der Waals surface area contributed by atoms with Gasteiger partial charge in [-0.3, -0.25) is 9.59 Å². The van der Waals surface area contributed by atoms with Crippen LogP contribution < -0.4 is 10.6 Å². The average Bonchev–Trinajstić information content (AvgIpc) is 3.13. The fourth-order valence-corrected chi connectivity index (χ4v) is 4.53. The van der Waals surface area contributed by atoms with Gasteiger partial charge in [-0.1, -0.05) is 24.3 Å². The van der Waals surface area contributed by atoms with Crippen LogP contribution in [0.4, 0.5) is 10.1 Å². The minimum absolute atomic E-state index is 0.0928. The SMILES string of the molecule is O=C(NC1(C(=O)Nc2ccc(S(=O)(=O)Cl)cc2)Cc2ccccc2C1)c1ccc(F)cc1. The van der Waals surface area contributed by atoms with Crippen molar-refractivity contribution in [1.29, 1.82) is 0 Å². The lowest BCUT2D eigenvalue weighted by Gasteiger charge is -2.29. The Bertz CT molecular complexity index is 1270. The standard InChI is InChI=1S/C23H18ClFN2O4S/c24-32(30,31)20-11-9-19(10-12-20)26-22(29)23(13-16-3-1-2-4-17(16)14-23)27-21(28)15-5-7-18(25)8-6-15/h1-12H,13-14H2,(H,26,29)(H,27,28). The van der Waals surface area contributed by atoms with Gasteiger partial charge in [-0.05, 0) is 59.7 Å². The maximum atomic E-state index is 13.4. The van der Waals surface area contributed by atoms with Gasteiger partial charge in [-0.2, -0.15) is 0 Å². The highest BCUT2D eigenvalue weighted by Gasteiger charge is 2.45. The lowest BCUT2D eigenvalue weighted by molar-refractivity contribution is -0.121. The number of halogens is 2. The lowest BCUT2D eigenvalue weighted by Crippen LogP contribution is -2.57. The molecule has 0 bridgehead atoms. The number of fused-ring (bicyclic) bond motifs is 1. The molecule has 0 saturated heterocycles. The molecule has 6 nitrogen and oxygen atoms in total. The van der Waals surface area contributed by atoms with E-state index in [1.807, 2.05) is 24.3 Å². The molecule has 0 aliphatic heterocycles. The number of nitrogens with one attached hydrogen (secondary N) is 2. The molecule has 0 radical (unpaired) electrons. The van der Waals surface area contributed by atoms with E-state index in [1.54, 1.807) is 0 Å². The summed E-state index contributed by atoms with van der Waals surface area (Å²) in [4.78, 5) is 26.2. The predicted molar refractivity (Wildman–Crippen MR) is 119 cm³/mol. The number of hydrogen-bond acceptors (Lipinski definition) is 4. The highest BCUT2D eigenvalue weighted by atomic mass is 35.7. The Labute approximate surface area is 188 Å². The van der Waals surface area contributed by atoms with E-state index in [0.717, 1.165) is 11.1 Å². The molecule has 3 aromatic rings. The Balaban J connectivity index is 1.62. The van der Waals surface area contributed by atoms with Crippen LogP contribution in [0.2, 0.25) is 0 Å². The van der Waals surface area contributed by atoms with Gasteiger partial charge in [0.15, 0.2) is 0 Å². The molecule has 164 valence electrons. The molecule has 4 rings (SSSR count). The van der Waals surface area contributed by atoms with E-state index in [9.17, 15) is 22.4 Å². The van der Waals surface area contributed by atoms with Crippen LogP contribution in [0.15, 0.2) is 77.7 Å². The van der Waals surface area contributed by atoms with Gasteiger partial charge in [0, 0.05) is 34.8 Å². The van der Waals surface area contributed by atoms with Crippen molar-refractivity contribution in [3.8, 4) is 0 Å². The number of carbonyl (C=O) groups is 2. The average molecular weight is 473 g/mol. The molecule has 2 amide bonds. The second-order valence-electron chi connectivity index (χ2n) is 7.58. The zero-order chi connectivity index (χ0) is 22.9. The fraction of sp³-hybridized carbons (Fsp3) is 0.130. The molecular formula is C23H18ClFN2O4S. The molecule has 0 heterocycles. The number of amides is 2. The summed E-state index contributed by atoms with van der Waals surface area (Å²) in [6, 6.07) is 18.0. The maximum Gasteiger partial charge on any atom is 0.261 e. The third kappa shape index (κ3) is 4.51. The quantitative estimate of drug-likeness (QED) is 0.554. The first-order chi connectivity index (χ1) is 15.2. The first kappa shape index (κ1) is 22.0. The molecule has 1 aliphatic rings. The van der Waals surface area contributed by atoms with Crippen molar-refractivity contribution in [2.75, 3.05) is 5.32 Å². The van der Waals surface area contributed by atoms with Gasteiger partial charge >= 0.3 is 0 Å². The van der Waals surface area contributed by atoms with Gasteiger partial charge in [0.05, 0.1) is 4.90 Å². The smallest absolute Gasteiger partial charge is 0.261 e. The van der Waals surface area contributed by atoms with E-state index in [0.29, 0.717) is 5.69 Å². The van der Waals surface area contributed by atoms with Crippen molar-refractivity contribution < 1.29 is 22.4 Å². The summed E-state index contributed by atoms with van der Waals surface area (Å²) in [5.41, 5.74) is 1.18. The molecule has 0 aromatic heterocycles. The predicted octanol–water partition coefficient (Wildman–Crippen LogP) is 3.66. The second-order valence-corrected chi connectivity index (χ2v) is 10.1. The van der Waals surface area contributed by atoms with E-state index in [2.05, 4.69) is 10.6 Å². The summed E-state index contributed by atoms with van der Waals surface area (Å²) in [5.74, 6) is -1.42. The van der Waals surface area contributed by atoms with Crippen LogP contribution in [0.25, 0.3) is 0 Å². The highest BCUT2D eigenvalue weighted by Crippen LogP contribution is 2.32. The zero-order valence-corrected chi connectivity index (χ0v) is 18.2. The largest absolute Gasteiger partial charge is 0.337 e. The van der Waals surface area contributed by atoms with E-state index in [4.69, 9.17) is 10.7 Å². The monoisotopic (exact) mass is 472 g/mol. The number of carbonyl (C=O) groups excluding carboxylic acids is 2. The minimum Gasteiger partial charge on any atom is -0.337 e. The molecule has 32 heavy (non-hydrogen) atoms. The first-order valence-electron chi connectivity index (χ1n) is 9.67. The van der Waals surface area contributed by atoms with Crippen molar-refractivity contribution >= 4 is 37.2 Å². The molecule has 3 aromatic carbocycles. The van der Waals surface area contributed by atoms with Crippen molar-refractivity contribution in [2.45, 2.75) is 23.3 Å². The summed E-state index contributed by atoms with van der Waals surface area (Å²) in [6.07, 6.45) is 0.548. The van der Waals surface area contributed by atoms with Crippen molar-refractivity contribution in [1.82, 2.24) is 5.32 Å². The lowest BCUT2D eigenvalue weighted by atomic mass is 9.93. The zero-order valence-electron chi connectivity index (χ0n) is 16.6. The van der Waals surface area contributed by atoms with E-state index in [1.165, 1.54) is 48.5 Å². The highest BCUT2D eigenvalue weighted by molar-refractivity contribution is 8.13. The molecule has 0 atom stereocenters. The summed E-state index contributed by atoms with van der Waals surface area (Å²) in [7, 11) is 1.45. The van der Waals surface area contributed by atoms with Crippen LogP contribution in [0.1, 0.15) is 21.5 Å². The fourth-order valence-electron chi connectivity index (χ4n) is 3.76. The molecule has 0 unspecified atom stereocenters. The van der Waals surface area contributed by atoms with Gasteiger partial charge in [-0.25, -0.2) is 12.8 Å². The third-order valence-corrected chi connectivity index (χ3v) is 6.76. The van der Waals surface area contributed by atoms with Gasteiger partial charge < -0.3 is 10.6 Å². The third-order valence-electron chi connectivity index (χ3n) is 5.39. The molecule has 1 aliphatic carbocycles. The number of benzene rings is 3. The van der Waals surface area contributed by atoms with Crippen molar-refractivity contribution in [3.05, 3.63) is 95.3 Å². The molecule has 9 heteroatoms. The number of rotatable bonds is 5. The van der Waals surface area contributed by atoms with Crippen LogP contribution in [0.3, 0.4) is 0 Å². The van der Waals surface area contributed by atoms with Crippen LogP contribution >= 0.6 is 10.7 Å². The molecule has 0 saturated carbocycles. The Morgan fingerprint density at radius 1 is 0.875 bits per heavy atom. The van der Waals surface area contributed by atoms with Gasteiger partial charge in [0.25, 0.3) is 20.9 Å². The molecule has 0 fully saturated rings. The normalized spacial score (nSPS) is 14.4. The van der Waals surface area contributed by atoms with E-state index >= 15 is 0 Å². The summed E-state index contributed by atoms with van der Waals surface area (Å²) >= 11 is 0. The molecular weight excluding hydrogens is 455 g/mol. The first-order valence-corrected chi connectivity index (χ1v) is 12.0. The summed E-state index contributed by atoms with van der Waals surface area (Å²) < 4.78 is 36.1. The van der Waals surface area contributed by atoms with Crippen molar-refractivity contribution in [2.24, 2.45) is 0 Å². The van der Waals surface area contributed by atoms with Crippen molar-refractivity contribution in [3.63, 3.8) is 0 Å². The topological polar surface area (TPSA) is 92.3 Å². The van der Waals surface area contributed by atoms with E-state index < -0.39 is 32.2 Å². The Hall–Kier alpha value is -3.23. The Morgan fingerprint density at radius 3 is 1.97 bits per heavy atom. The van der Waals surface area contributed by atoms with Gasteiger partial charge in [0.2, 0.25) is 0 Å². The second kappa shape index (κ2) is 8.37. The Kier molecular flexibility index (Phi) is 5.75. The van der Waals surface area contributed by atoms with Crippen LogP contribution in [0.5, 0.6) is 0 Å². The maximum absolute atomic E-state index is 13.4. The van der Waals surface area contributed by atoms with Crippen LogP contribution in [-0.2, 0) is 26.7 Å². The van der Waals surface area contributed by atoms with Gasteiger partial charge in [-0.15, -0.1) is 0 Å². The minimum atomic E-state index is -3.89. The van der Waals surface area contributed by atoms with Crippen LogP contribution in [0, 0.1) is 5.82 Å². The summed E-state index contributed by atoms with van der Waals surface area (Å²) in [5, 5.41) is 5.59. The van der Waals surface area contributed by atoms with Gasteiger partial charge in [0.1, 0.15) is 11.4 Å². The number of anilines is 1. The Morgan fingerprint density at radius 2 is 1.44 bits per heavy atom.